The fraction of sp³-hybridized carbons (Fsp3) is 0.474. The molecule has 1 amide bonds. The number of carbonyl (C=O) groups is 1. The van der Waals surface area contributed by atoms with Crippen molar-refractivity contribution >= 4 is 11.7 Å². The minimum absolute atomic E-state index is 0.00281. The molecule has 1 N–H and O–H groups in total. The lowest BCUT2D eigenvalue weighted by molar-refractivity contribution is -0.124. The van der Waals surface area contributed by atoms with E-state index in [1.54, 1.807) is 18.0 Å². The SMILES string of the molecule is CCC1CC(C(=O)Nc2ccnn2Cc2ccc(OC)cc2)CCO1. The fourth-order valence-electron chi connectivity index (χ4n) is 3.10. The highest BCUT2D eigenvalue weighted by molar-refractivity contribution is 5.91. The van der Waals surface area contributed by atoms with E-state index in [0.29, 0.717) is 13.2 Å². The van der Waals surface area contributed by atoms with Crippen LogP contribution in [0.1, 0.15) is 31.7 Å². The number of rotatable bonds is 6. The molecule has 2 aromatic rings. The molecule has 2 heterocycles. The lowest BCUT2D eigenvalue weighted by Gasteiger charge is -2.28. The number of hydrogen-bond donors (Lipinski definition) is 1. The van der Waals surface area contributed by atoms with Crippen LogP contribution in [0, 0.1) is 5.92 Å². The second-order valence-electron chi connectivity index (χ2n) is 6.33. The molecule has 1 aliphatic rings. The van der Waals surface area contributed by atoms with Gasteiger partial charge < -0.3 is 14.8 Å². The smallest absolute Gasteiger partial charge is 0.228 e. The summed E-state index contributed by atoms with van der Waals surface area (Å²) in [7, 11) is 1.65. The Hall–Kier alpha value is -2.34. The number of ether oxygens (including phenoxy) is 2. The lowest BCUT2D eigenvalue weighted by Crippen LogP contribution is -2.33. The summed E-state index contributed by atoms with van der Waals surface area (Å²) in [5.74, 6) is 1.60. The molecular formula is C19H25N3O3. The van der Waals surface area contributed by atoms with Gasteiger partial charge in [0.05, 0.1) is 26.0 Å². The zero-order valence-electron chi connectivity index (χ0n) is 14.8. The number of aromatic nitrogens is 2. The third-order valence-corrected chi connectivity index (χ3v) is 4.65. The van der Waals surface area contributed by atoms with Gasteiger partial charge in [-0.1, -0.05) is 19.1 Å². The summed E-state index contributed by atoms with van der Waals surface area (Å²) >= 11 is 0. The molecule has 1 aromatic carbocycles. The van der Waals surface area contributed by atoms with Gasteiger partial charge in [-0.3, -0.25) is 4.79 Å². The van der Waals surface area contributed by atoms with Crippen LogP contribution in [0.2, 0.25) is 0 Å². The Kier molecular flexibility index (Phi) is 5.71. The predicted molar refractivity (Wildman–Crippen MR) is 95.7 cm³/mol. The van der Waals surface area contributed by atoms with E-state index in [1.807, 2.05) is 30.3 Å². The molecule has 0 saturated carbocycles. The van der Waals surface area contributed by atoms with Gasteiger partial charge in [-0.25, -0.2) is 4.68 Å². The zero-order valence-corrected chi connectivity index (χ0v) is 14.8. The third-order valence-electron chi connectivity index (χ3n) is 4.65. The van der Waals surface area contributed by atoms with Gasteiger partial charge in [-0.2, -0.15) is 5.10 Å². The molecule has 1 fully saturated rings. The molecule has 6 nitrogen and oxygen atoms in total. The van der Waals surface area contributed by atoms with Crippen LogP contribution in [0.3, 0.4) is 0 Å². The van der Waals surface area contributed by atoms with E-state index >= 15 is 0 Å². The highest BCUT2D eigenvalue weighted by Gasteiger charge is 2.27. The number of benzene rings is 1. The van der Waals surface area contributed by atoms with Crippen molar-refractivity contribution in [3.8, 4) is 5.75 Å². The van der Waals surface area contributed by atoms with Crippen LogP contribution in [-0.2, 0) is 16.1 Å². The van der Waals surface area contributed by atoms with Gasteiger partial charge in [0.2, 0.25) is 5.91 Å². The summed E-state index contributed by atoms with van der Waals surface area (Å²) in [6.45, 7) is 3.34. The lowest BCUT2D eigenvalue weighted by atomic mass is 9.93. The molecule has 0 spiro atoms. The van der Waals surface area contributed by atoms with Crippen molar-refractivity contribution in [2.75, 3.05) is 19.0 Å². The Morgan fingerprint density at radius 3 is 2.88 bits per heavy atom. The van der Waals surface area contributed by atoms with E-state index in [-0.39, 0.29) is 17.9 Å². The van der Waals surface area contributed by atoms with Gasteiger partial charge in [0, 0.05) is 18.6 Å². The number of methoxy groups -OCH3 is 1. The van der Waals surface area contributed by atoms with Crippen LogP contribution < -0.4 is 10.1 Å². The fourth-order valence-corrected chi connectivity index (χ4v) is 3.10. The van der Waals surface area contributed by atoms with Crippen LogP contribution in [-0.4, -0.2) is 35.5 Å². The van der Waals surface area contributed by atoms with Crippen molar-refractivity contribution in [3.05, 3.63) is 42.1 Å². The summed E-state index contributed by atoms with van der Waals surface area (Å²) in [5.41, 5.74) is 1.09. The number of nitrogens with one attached hydrogen (secondary N) is 1. The maximum absolute atomic E-state index is 12.6. The maximum Gasteiger partial charge on any atom is 0.228 e. The highest BCUT2D eigenvalue weighted by Crippen LogP contribution is 2.24. The van der Waals surface area contributed by atoms with Crippen molar-refractivity contribution in [2.45, 2.75) is 38.8 Å². The molecule has 3 rings (SSSR count). The van der Waals surface area contributed by atoms with Crippen molar-refractivity contribution in [1.82, 2.24) is 9.78 Å². The standard InChI is InChI=1S/C19H25N3O3/c1-3-16-12-15(9-11-25-16)19(23)21-18-8-10-20-22(18)13-14-4-6-17(24-2)7-5-14/h4-8,10,15-16H,3,9,11-13H2,1-2H3,(H,21,23). The molecule has 0 bridgehead atoms. The second-order valence-corrected chi connectivity index (χ2v) is 6.33. The van der Waals surface area contributed by atoms with Gasteiger partial charge in [0.1, 0.15) is 11.6 Å². The molecule has 6 heteroatoms. The summed E-state index contributed by atoms with van der Waals surface area (Å²) < 4.78 is 12.6. The predicted octanol–water partition coefficient (Wildman–Crippen LogP) is 3.08. The van der Waals surface area contributed by atoms with E-state index in [4.69, 9.17) is 9.47 Å². The quantitative estimate of drug-likeness (QED) is 0.875. The van der Waals surface area contributed by atoms with Crippen molar-refractivity contribution in [1.29, 1.82) is 0 Å². The van der Waals surface area contributed by atoms with Gasteiger partial charge in [-0.15, -0.1) is 0 Å². The van der Waals surface area contributed by atoms with Crippen LogP contribution in [0.4, 0.5) is 5.82 Å². The number of carbonyl (C=O) groups excluding carboxylic acids is 1. The molecule has 1 aromatic heterocycles. The molecular weight excluding hydrogens is 318 g/mol. The summed E-state index contributed by atoms with van der Waals surface area (Å²) in [5, 5.41) is 7.36. The summed E-state index contributed by atoms with van der Waals surface area (Å²) in [4.78, 5) is 12.6. The van der Waals surface area contributed by atoms with E-state index in [0.717, 1.165) is 36.4 Å². The molecule has 134 valence electrons. The van der Waals surface area contributed by atoms with Crippen LogP contribution >= 0.6 is 0 Å². The van der Waals surface area contributed by atoms with E-state index in [1.165, 1.54) is 0 Å². The van der Waals surface area contributed by atoms with Crippen LogP contribution in [0.15, 0.2) is 36.5 Å². The molecule has 1 saturated heterocycles. The van der Waals surface area contributed by atoms with E-state index < -0.39 is 0 Å². The Balaban J connectivity index is 1.63. The molecule has 2 atom stereocenters. The first-order valence-electron chi connectivity index (χ1n) is 8.76. The Bertz CT molecular complexity index is 696. The molecule has 2 unspecified atom stereocenters. The molecule has 0 radical (unpaired) electrons. The largest absolute Gasteiger partial charge is 0.497 e. The van der Waals surface area contributed by atoms with Gasteiger partial charge in [-0.05, 0) is 37.0 Å². The molecule has 1 aliphatic heterocycles. The van der Waals surface area contributed by atoms with Gasteiger partial charge >= 0.3 is 0 Å². The van der Waals surface area contributed by atoms with E-state index in [9.17, 15) is 4.79 Å². The maximum atomic E-state index is 12.6. The van der Waals surface area contributed by atoms with Gasteiger partial charge in [0.15, 0.2) is 0 Å². The minimum Gasteiger partial charge on any atom is -0.497 e. The summed E-state index contributed by atoms with van der Waals surface area (Å²) in [6.07, 6.45) is 4.40. The normalized spacial score (nSPS) is 20.2. The van der Waals surface area contributed by atoms with Gasteiger partial charge in [0.25, 0.3) is 0 Å². The number of amides is 1. The van der Waals surface area contributed by atoms with E-state index in [2.05, 4.69) is 17.3 Å². The molecule has 25 heavy (non-hydrogen) atoms. The Morgan fingerprint density at radius 1 is 1.36 bits per heavy atom. The highest BCUT2D eigenvalue weighted by atomic mass is 16.5. The van der Waals surface area contributed by atoms with Crippen LogP contribution in [0.5, 0.6) is 5.75 Å². The Labute approximate surface area is 148 Å². The monoisotopic (exact) mass is 343 g/mol. The second kappa shape index (κ2) is 8.16. The Morgan fingerprint density at radius 2 is 2.16 bits per heavy atom. The average molecular weight is 343 g/mol. The first-order valence-corrected chi connectivity index (χ1v) is 8.76. The van der Waals surface area contributed by atoms with Crippen LogP contribution in [0.25, 0.3) is 0 Å². The minimum atomic E-state index is 0.00281. The average Bonchev–Trinajstić information content (AvgIpc) is 3.09. The first kappa shape index (κ1) is 17.5. The number of hydrogen-bond acceptors (Lipinski definition) is 4. The zero-order chi connectivity index (χ0) is 17.6. The van der Waals surface area contributed by atoms with Crippen molar-refractivity contribution in [2.24, 2.45) is 5.92 Å². The molecule has 0 aliphatic carbocycles. The summed E-state index contributed by atoms with van der Waals surface area (Å²) in [6, 6.07) is 9.67. The number of anilines is 1. The van der Waals surface area contributed by atoms with Crippen molar-refractivity contribution < 1.29 is 14.3 Å². The first-order chi connectivity index (χ1) is 12.2. The van der Waals surface area contributed by atoms with Crippen molar-refractivity contribution in [3.63, 3.8) is 0 Å². The number of nitrogens with zero attached hydrogens (tertiary/aromatic N) is 2. The topological polar surface area (TPSA) is 65.4 Å². The third kappa shape index (κ3) is 4.39.